The maximum Gasteiger partial charge on any atom is 0.339 e. The molecule has 0 bridgehead atoms. The lowest BCUT2D eigenvalue weighted by Gasteiger charge is -2.06. The zero-order valence-corrected chi connectivity index (χ0v) is 12.1. The zero-order chi connectivity index (χ0) is 16.4. The number of phenols is 1. The van der Waals surface area contributed by atoms with Crippen LogP contribution >= 0.6 is 0 Å². The third-order valence-corrected chi connectivity index (χ3v) is 3.29. The van der Waals surface area contributed by atoms with Crippen LogP contribution in [-0.2, 0) is 0 Å². The average molecular weight is 315 g/mol. The number of hydrogen-bond acceptors (Lipinski definition) is 6. The number of fused-ring (bicyclic) bond motifs is 1. The molecule has 2 N–H and O–H groups in total. The number of ether oxygens (including phenoxy) is 3. The van der Waals surface area contributed by atoms with Gasteiger partial charge in [-0.25, -0.2) is 4.79 Å². The van der Waals surface area contributed by atoms with E-state index >= 15 is 0 Å². The van der Waals surface area contributed by atoms with Crippen molar-refractivity contribution in [1.29, 1.82) is 0 Å². The Morgan fingerprint density at radius 3 is 2.70 bits per heavy atom. The molecule has 7 heteroatoms. The van der Waals surface area contributed by atoms with Crippen molar-refractivity contribution in [3.63, 3.8) is 0 Å². The minimum absolute atomic E-state index is 0.152. The number of carboxylic acids is 1. The van der Waals surface area contributed by atoms with Crippen LogP contribution < -0.4 is 14.2 Å². The Morgan fingerprint density at radius 1 is 1.26 bits per heavy atom. The van der Waals surface area contributed by atoms with Crippen LogP contribution in [0.1, 0.15) is 15.9 Å². The van der Waals surface area contributed by atoms with Crippen LogP contribution in [0, 0.1) is 0 Å². The molecule has 118 valence electrons. The molecule has 1 aliphatic rings. The molecule has 0 aliphatic carbocycles. The number of aromatic carboxylic acids is 1. The summed E-state index contributed by atoms with van der Waals surface area (Å²) < 4.78 is 15.9. The topological polar surface area (TPSA) is 97.6 Å². The van der Waals surface area contributed by atoms with E-state index in [0.717, 1.165) is 0 Å². The van der Waals surface area contributed by atoms with Crippen molar-refractivity contribution in [1.82, 2.24) is 0 Å². The van der Waals surface area contributed by atoms with Crippen LogP contribution in [0.15, 0.2) is 35.3 Å². The SMILES string of the molecule is COc1cc2c(cc1C=Nc1ccc(O)c(C(=O)O)c1)OCO2. The summed E-state index contributed by atoms with van der Waals surface area (Å²) in [6.45, 7) is 0.152. The molecule has 0 atom stereocenters. The van der Waals surface area contributed by atoms with Gasteiger partial charge in [0.05, 0.1) is 12.8 Å². The van der Waals surface area contributed by atoms with Gasteiger partial charge in [0.2, 0.25) is 6.79 Å². The Hall–Kier alpha value is -3.22. The summed E-state index contributed by atoms with van der Waals surface area (Å²) in [6, 6.07) is 7.50. The van der Waals surface area contributed by atoms with E-state index < -0.39 is 5.97 Å². The second-order valence-electron chi connectivity index (χ2n) is 4.71. The first-order chi connectivity index (χ1) is 11.1. The molecule has 0 saturated heterocycles. The maximum absolute atomic E-state index is 11.0. The van der Waals surface area contributed by atoms with Gasteiger partial charge in [-0.05, 0) is 24.3 Å². The summed E-state index contributed by atoms with van der Waals surface area (Å²) >= 11 is 0. The lowest BCUT2D eigenvalue weighted by Crippen LogP contribution is -1.96. The van der Waals surface area contributed by atoms with E-state index in [1.807, 2.05) is 0 Å². The van der Waals surface area contributed by atoms with Gasteiger partial charge < -0.3 is 24.4 Å². The van der Waals surface area contributed by atoms with Gasteiger partial charge in [-0.15, -0.1) is 0 Å². The van der Waals surface area contributed by atoms with Crippen molar-refractivity contribution in [2.24, 2.45) is 4.99 Å². The highest BCUT2D eigenvalue weighted by Gasteiger charge is 2.17. The van der Waals surface area contributed by atoms with Gasteiger partial charge in [0.25, 0.3) is 0 Å². The number of carbonyl (C=O) groups is 1. The van der Waals surface area contributed by atoms with Gasteiger partial charge in [-0.2, -0.15) is 0 Å². The number of carboxylic acid groups (broad SMARTS) is 1. The molecule has 1 aliphatic heterocycles. The predicted octanol–water partition coefficient (Wildman–Crippen LogP) is 2.58. The van der Waals surface area contributed by atoms with Gasteiger partial charge in [0.1, 0.15) is 17.1 Å². The van der Waals surface area contributed by atoms with E-state index in [1.54, 1.807) is 12.1 Å². The quantitative estimate of drug-likeness (QED) is 0.842. The fraction of sp³-hybridized carbons (Fsp3) is 0.125. The Balaban J connectivity index is 1.94. The Bertz CT molecular complexity index is 799. The van der Waals surface area contributed by atoms with Crippen molar-refractivity contribution >= 4 is 17.9 Å². The molecule has 2 aromatic rings. The molecule has 0 saturated carbocycles. The molecule has 0 amide bonds. The fourth-order valence-corrected chi connectivity index (χ4v) is 2.14. The second-order valence-corrected chi connectivity index (χ2v) is 4.71. The minimum Gasteiger partial charge on any atom is -0.507 e. The van der Waals surface area contributed by atoms with Gasteiger partial charge in [-0.3, -0.25) is 4.99 Å². The number of hydrogen-bond donors (Lipinski definition) is 2. The molecule has 0 unspecified atom stereocenters. The molecule has 7 nitrogen and oxygen atoms in total. The standard InChI is InChI=1S/C16H13NO6/c1-21-13-6-15-14(22-8-23-15)4-9(13)7-17-10-2-3-12(18)11(5-10)16(19)20/h2-7,18H,8H2,1H3,(H,19,20). The third-order valence-electron chi connectivity index (χ3n) is 3.29. The molecule has 1 heterocycles. The van der Waals surface area contributed by atoms with Crippen molar-refractivity contribution in [3.05, 3.63) is 41.5 Å². The molecule has 0 aromatic heterocycles. The zero-order valence-electron chi connectivity index (χ0n) is 12.1. The van der Waals surface area contributed by atoms with Crippen LogP contribution in [0.4, 0.5) is 5.69 Å². The average Bonchev–Trinajstić information content (AvgIpc) is 3.00. The lowest BCUT2D eigenvalue weighted by atomic mass is 10.1. The smallest absolute Gasteiger partial charge is 0.339 e. The number of aliphatic imine (C=N–C) groups is 1. The van der Waals surface area contributed by atoms with Crippen LogP contribution in [-0.4, -0.2) is 36.3 Å². The largest absolute Gasteiger partial charge is 0.507 e. The number of methoxy groups -OCH3 is 1. The molecule has 2 aromatic carbocycles. The van der Waals surface area contributed by atoms with Crippen LogP contribution in [0.3, 0.4) is 0 Å². The van der Waals surface area contributed by atoms with Crippen molar-refractivity contribution in [2.75, 3.05) is 13.9 Å². The Kier molecular flexibility index (Phi) is 3.76. The van der Waals surface area contributed by atoms with E-state index in [4.69, 9.17) is 19.3 Å². The Labute approximate surface area is 131 Å². The summed E-state index contributed by atoms with van der Waals surface area (Å²) in [7, 11) is 1.53. The highest BCUT2D eigenvalue weighted by atomic mass is 16.7. The number of rotatable bonds is 4. The van der Waals surface area contributed by atoms with Crippen molar-refractivity contribution in [3.8, 4) is 23.0 Å². The van der Waals surface area contributed by atoms with Gasteiger partial charge in [-0.1, -0.05) is 0 Å². The summed E-state index contributed by atoms with van der Waals surface area (Å²) in [5, 5.41) is 18.5. The highest BCUT2D eigenvalue weighted by Crippen LogP contribution is 2.37. The molecular formula is C16H13NO6. The number of nitrogens with zero attached hydrogens (tertiary/aromatic N) is 1. The number of benzene rings is 2. The van der Waals surface area contributed by atoms with Gasteiger partial charge in [0, 0.05) is 17.8 Å². The first-order valence-electron chi connectivity index (χ1n) is 6.66. The van der Waals surface area contributed by atoms with Crippen LogP contribution in [0.5, 0.6) is 23.0 Å². The molecule has 3 rings (SSSR count). The first kappa shape index (κ1) is 14.7. The van der Waals surface area contributed by atoms with Gasteiger partial charge >= 0.3 is 5.97 Å². The third kappa shape index (κ3) is 2.89. The van der Waals surface area contributed by atoms with E-state index in [0.29, 0.717) is 28.5 Å². The summed E-state index contributed by atoms with van der Waals surface area (Å²) in [4.78, 5) is 15.2. The minimum atomic E-state index is -1.22. The molecule has 0 spiro atoms. The van der Waals surface area contributed by atoms with Crippen LogP contribution in [0.2, 0.25) is 0 Å². The number of aromatic hydroxyl groups is 1. The van der Waals surface area contributed by atoms with Gasteiger partial charge in [0.15, 0.2) is 11.5 Å². The second kappa shape index (κ2) is 5.88. The molecular weight excluding hydrogens is 302 g/mol. The normalized spacial score (nSPS) is 12.6. The van der Waals surface area contributed by atoms with Crippen molar-refractivity contribution in [2.45, 2.75) is 0 Å². The monoisotopic (exact) mass is 315 g/mol. The lowest BCUT2D eigenvalue weighted by molar-refractivity contribution is 0.0693. The maximum atomic E-state index is 11.0. The molecule has 23 heavy (non-hydrogen) atoms. The highest BCUT2D eigenvalue weighted by molar-refractivity contribution is 5.92. The molecule has 0 fully saturated rings. The summed E-state index contributed by atoms with van der Waals surface area (Å²) in [5.74, 6) is 0.202. The summed E-state index contributed by atoms with van der Waals surface area (Å²) in [5.41, 5.74) is 0.832. The van der Waals surface area contributed by atoms with Crippen LogP contribution in [0.25, 0.3) is 0 Å². The molecule has 0 radical (unpaired) electrons. The van der Waals surface area contributed by atoms with E-state index in [9.17, 15) is 9.90 Å². The first-order valence-corrected chi connectivity index (χ1v) is 6.66. The van der Waals surface area contributed by atoms with E-state index in [-0.39, 0.29) is 18.1 Å². The fourth-order valence-electron chi connectivity index (χ4n) is 2.14. The Morgan fingerprint density at radius 2 is 2.00 bits per heavy atom. The van der Waals surface area contributed by atoms with E-state index in [1.165, 1.54) is 31.5 Å². The van der Waals surface area contributed by atoms with Crippen molar-refractivity contribution < 1.29 is 29.2 Å². The predicted molar refractivity (Wildman–Crippen MR) is 81.4 cm³/mol. The van der Waals surface area contributed by atoms with E-state index in [2.05, 4.69) is 4.99 Å². The summed E-state index contributed by atoms with van der Waals surface area (Å²) in [6.07, 6.45) is 1.53.